The van der Waals surface area contributed by atoms with Crippen LogP contribution in [0, 0.1) is 23.2 Å². The van der Waals surface area contributed by atoms with Crippen molar-refractivity contribution < 1.29 is 0 Å². The van der Waals surface area contributed by atoms with Crippen LogP contribution in [0.5, 0.6) is 0 Å². The van der Waals surface area contributed by atoms with Gasteiger partial charge in [0.25, 0.3) is 0 Å². The lowest BCUT2D eigenvalue weighted by Gasteiger charge is -2.34. The molecule has 0 unspecified atom stereocenters. The molecule has 1 fully saturated rings. The summed E-state index contributed by atoms with van der Waals surface area (Å²) in [6, 6.07) is 18.6. The highest BCUT2D eigenvalue weighted by atomic mass is 15.3. The van der Waals surface area contributed by atoms with E-state index >= 15 is 0 Å². The number of aryl methyl sites for hydroxylation is 1. The standard InChI is InChI=1S/C30H26N8/c1-35-21-27(20-33-35)25-16-28(30-26(17-31)19-34-38(30)22-25)24-9-10-29(32-18-24)37-14-12-36(13-15-37)11-5-8-23-6-3-2-4-7-23/h2-4,6-7,9-10,16,18-22H,11-15H2,1H3. The van der Waals surface area contributed by atoms with E-state index in [-0.39, 0.29) is 0 Å². The van der Waals surface area contributed by atoms with Crippen molar-refractivity contribution in [2.75, 3.05) is 37.6 Å². The first-order valence-electron chi connectivity index (χ1n) is 12.6. The Bertz CT molecular complexity index is 1670. The third-order valence-electron chi connectivity index (χ3n) is 6.83. The van der Waals surface area contributed by atoms with Crippen molar-refractivity contribution in [3.63, 3.8) is 0 Å². The molecule has 0 bridgehead atoms. The van der Waals surface area contributed by atoms with E-state index in [0.717, 1.165) is 71.9 Å². The molecule has 4 aromatic heterocycles. The third-order valence-corrected chi connectivity index (χ3v) is 6.83. The van der Waals surface area contributed by atoms with Crippen molar-refractivity contribution in [3.8, 4) is 40.2 Å². The number of benzene rings is 1. The first-order valence-corrected chi connectivity index (χ1v) is 12.6. The van der Waals surface area contributed by atoms with Gasteiger partial charge in [0.2, 0.25) is 0 Å². The summed E-state index contributed by atoms with van der Waals surface area (Å²) in [5, 5.41) is 18.4. The van der Waals surface area contributed by atoms with Crippen LogP contribution in [0.15, 0.2) is 79.5 Å². The molecule has 186 valence electrons. The normalized spacial score (nSPS) is 13.7. The van der Waals surface area contributed by atoms with Crippen LogP contribution in [-0.4, -0.2) is 62.0 Å². The lowest BCUT2D eigenvalue weighted by Crippen LogP contribution is -2.46. The topological polar surface area (TPSA) is 78.3 Å². The Hall–Kier alpha value is -4.92. The molecule has 1 saturated heterocycles. The van der Waals surface area contributed by atoms with Crippen LogP contribution in [-0.2, 0) is 7.05 Å². The molecule has 5 heterocycles. The Morgan fingerprint density at radius 2 is 1.71 bits per heavy atom. The SMILES string of the molecule is Cn1cc(-c2cc(-c3ccc(N4CCN(CC#Cc5ccccc5)CC4)nc3)c3c(C#N)cnn3c2)cn1. The second-order valence-corrected chi connectivity index (χ2v) is 9.34. The van der Waals surface area contributed by atoms with E-state index < -0.39 is 0 Å². The largest absolute Gasteiger partial charge is 0.354 e. The van der Waals surface area contributed by atoms with Crippen LogP contribution in [0.4, 0.5) is 5.82 Å². The number of piperazine rings is 1. The summed E-state index contributed by atoms with van der Waals surface area (Å²) in [4.78, 5) is 9.50. The molecule has 8 heteroatoms. The van der Waals surface area contributed by atoms with Gasteiger partial charge in [-0.2, -0.15) is 15.5 Å². The number of hydrogen-bond acceptors (Lipinski definition) is 6. The Balaban J connectivity index is 1.19. The maximum atomic E-state index is 9.68. The molecule has 38 heavy (non-hydrogen) atoms. The van der Waals surface area contributed by atoms with Gasteiger partial charge in [0, 0.05) is 79.6 Å². The Labute approximate surface area is 221 Å². The summed E-state index contributed by atoms with van der Waals surface area (Å²) in [6.45, 7) is 4.47. The van der Waals surface area contributed by atoms with Gasteiger partial charge in [-0.1, -0.05) is 30.0 Å². The second kappa shape index (κ2) is 10.2. The van der Waals surface area contributed by atoms with Crippen molar-refractivity contribution in [3.05, 3.63) is 90.6 Å². The van der Waals surface area contributed by atoms with Crippen molar-refractivity contribution in [1.82, 2.24) is 29.3 Å². The lowest BCUT2D eigenvalue weighted by atomic mass is 10.0. The van der Waals surface area contributed by atoms with Gasteiger partial charge in [-0.3, -0.25) is 9.58 Å². The smallest absolute Gasteiger partial charge is 0.128 e. The molecule has 0 radical (unpaired) electrons. The van der Waals surface area contributed by atoms with Crippen LogP contribution < -0.4 is 4.90 Å². The highest BCUT2D eigenvalue weighted by molar-refractivity contribution is 5.87. The highest BCUT2D eigenvalue weighted by Crippen LogP contribution is 2.32. The van der Waals surface area contributed by atoms with E-state index in [4.69, 9.17) is 4.98 Å². The van der Waals surface area contributed by atoms with Crippen LogP contribution in [0.25, 0.3) is 27.8 Å². The third kappa shape index (κ3) is 4.73. The molecule has 0 spiro atoms. The first-order chi connectivity index (χ1) is 18.7. The summed E-state index contributed by atoms with van der Waals surface area (Å²) in [5.74, 6) is 7.50. The number of rotatable bonds is 4. The molecule has 0 aliphatic carbocycles. The van der Waals surface area contributed by atoms with E-state index in [0.29, 0.717) is 5.56 Å². The summed E-state index contributed by atoms with van der Waals surface area (Å²) in [5.41, 5.74) is 6.19. The van der Waals surface area contributed by atoms with Crippen molar-refractivity contribution in [1.29, 1.82) is 5.26 Å². The van der Waals surface area contributed by atoms with Crippen LogP contribution in [0.3, 0.4) is 0 Å². The van der Waals surface area contributed by atoms with Gasteiger partial charge < -0.3 is 4.90 Å². The average molecular weight is 499 g/mol. The minimum atomic E-state index is 0.535. The lowest BCUT2D eigenvalue weighted by molar-refractivity contribution is 0.287. The van der Waals surface area contributed by atoms with Gasteiger partial charge >= 0.3 is 0 Å². The molecule has 8 nitrogen and oxygen atoms in total. The van der Waals surface area contributed by atoms with Gasteiger partial charge in [0.1, 0.15) is 11.9 Å². The van der Waals surface area contributed by atoms with Crippen LogP contribution >= 0.6 is 0 Å². The number of nitrogens with zero attached hydrogens (tertiary/aromatic N) is 8. The summed E-state index contributed by atoms with van der Waals surface area (Å²) < 4.78 is 3.54. The zero-order chi connectivity index (χ0) is 25.9. The molecule has 1 aromatic carbocycles. The molecule has 1 aliphatic rings. The minimum absolute atomic E-state index is 0.535. The fourth-order valence-electron chi connectivity index (χ4n) is 4.79. The molecular weight excluding hydrogens is 472 g/mol. The maximum absolute atomic E-state index is 9.68. The van der Waals surface area contributed by atoms with Crippen molar-refractivity contribution >= 4 is 11.3 Å². The summed E-state index contributed by atoms with van der Waals surface area (Å²) >= 11 is 0. The molecular formula is C30H26N8. The summed E-state index contributed by atoms with van der Waals surface area (Å²) in [7, 11) is 1.89. The summed E-state index contributed by atoms with van der Waals surface area (Å²) in [6.07, 6.45) is 9.23. The molecule has 5 aromatic rings. The molecule has 0 saturated carbocycles. The second-order valence-electron chi connectivity index (χ2n) is 9.34. The zero-order valence-electron chi connectivity index (χ0n) is 21.1. The quantitative estimate of drug-likeness (QED) is 0.351. The van der Waals surface area contributed by atoms with Crippen LogP contribution in [0.2, 0.25) is 0 Å². The number of anilines is 1. The maximum Gasteiger partial charge on any atom is 0.128 e. The van der Waals surface area contributed by atoms with Gasteiger partial charge in [0.15, 0.2) is 0 Å². The Kier molecular flexibility index (Phi) is 6.31. The van der Waals surface area contributed by atoms with Gasteiger partial charge in [0.05, 0.1) is 30.0 Å². The monoisotopic (exact) mass is 498 g/mol. The number of pyridine rings is 2. The molecule has 6 rings (SSSR count). The average Bonchev–Trinajstić information content (AvgIpc) is 3.60. The van der Waals surface area contributed by atoms with Crippen LogP contribution in [0.1, 0.15) is 11.1 Å². The molecule has 0 amide bonds. The molecule has 1 aliphatic heterocycles. The molecule has 0 N–H and O–H groups in total. The first kappa shape index (κ1) is 23.5. The zero-order valence-corrected chi connectivity index (χ0v) is 21.1. The predicted octanol–water partition coefficient (Wildman–Crippen LogP) is 3.84. The van der Waals surface area contributed by atoms with Crippen molar-refractivity contribution in [2.45, 2.75) is 0 Å². The fraction of sp³-hybridized carbons (Fsp3) is 0.200. The number of aromatic nitrogens is 5. The number of hydrogen-bond donors (Lipinski definition) is 0. The van der Waals surface area contributed by atoms with E-state index in [1.807, 2.05) is 62.2 Å². The van der Waals surface area contributed by atoms with E-state index in [2.05, 4.69) is 56.1 Å². The number of nitriles is 1. The van der Waals surface area contributed by atoms with E-state index in [1.54, 1.807) is 15.4 Å². The Morgan fingerprint density at radius 1 is 0.868 bits per heavy atom. The predicted molar refractivity (Wildman–Crippen MR) is 147 cm³/mol. The van der Waals surface area contributed by atoms with E-state index in [9.17, 15) is 5.26 Å². The van der Waals surface area contributed by atoms with Gasteiger partial charge in [-0.15, -0.1) is 0 Å². The Morgan fingerprint density at radius 3 is 2.42 bits per heavy atom. The van der Waals surface area contributed by atoms with Gasteiger partial charge in [-0.25, -0.2) is 9.50 Å². The van der Waals surface area contributed by atoms with Gasteiger partial charge in [-0.05, 0) is 30.3 Å². The number of fused-ring (bicyclic) bond motifs is 1. The van der Waals surface area contributed by atoms with E-state index in [1.165, 1.54) is 0 Å². The molecule has 0 atom stereocenters. The fourth-order valence-corrected chi connectivity index (χ4v) is 4.79. The minimum Gasteiger partial charge on any atom is -0.354 e. The van der Waals surface area contributed by atoms with Crippen molar-refractivity contribution in [2.24, 2.45) is 7.05 Å². The highest BCUT2D eigenvalue weighted by Gasteiger charge is 2.19.